The van der Waals surface area contributed by atoms with Crippen LogP contribution in [-0.2, 0) is 22.7 Å². The van der Waals surface area contributed by atoms with Crippen LogP contribution in [0.3, 0.4) is 0 Å². The molecule has 0 saturated carbocycles. The summed E-state index contributed by atoms with van der Waals surface area (Å²) < 4.78 is 13.3. The zero-order valence-corrected chi connectivity index (χ0v) is 25.4. The van der Waals surface area contributed by atoms with Gasteiger partial charge >= 0.3 is 0 Å². The number of nitrogens with one attached hydrogen (secondary N) is 1. The average Bonchev–Trinajstić information content (AvgIpc) is 2.83. The van der Waals surface area contributed by atoms with Crippen molar-refractivity contribution in [2.75, 3.05) is 27.2 Å². The van der Waals surface area contributed by atoms with Crippen LogP contribution in [-0.4, -0.2) is 48.3 Å². The minimum Gasteiger partial charge on any atom is -1.00 e. The highest BCUT2D eigenvalue weighted by molar-refractivity contribution is 5.75. The van der Waals surface area contributed by atoms with E-state index < -0.39 is 5.79 Å². The Morgan fingerprint density at radius 1 is 1.03 bits per heavy atom. The molecular weight excluding hydrogens is 486 g/mol. The summed E-state index contributed by atoms with van der Waals surface area (Å²) in [6.07, 6.45) is 17.0. The van der Waals surface area contributed by atoms with Crippen LogP contribution >= 0.6 is 0 Å². The number of unbranched alkanes of at least 4 members (excludes halogenated alkanes) is 8. The molecule has 1 amide bonds. The molecular formula is C30H54ClN3O3. The van der Waals surface area contributed by atoms with Gasteiger partial charge in [-0.25, -0.2) is 0 Å². The number of carbonyl (C=O) groups is 1. The van der Waals surface area contributed by atoms with E-state index in [1.54, 1.807) is 0 Å². The first kappa shape index (κ1) is 33.7. The van der Waals surface area contributed by atoms with Crippen LogP contribution in [0.2, 0.25) is 0 Å². The first-order chi connectivity index (χ1) is 17.2. The molecule has 1 atom stereocenters. The first-order valence-corrected chi connectivity index (χ1v) is 14.6. The second-order valence-electron chi connectivity index (χ2n) is 11.6. The van der Waals surface area contributed by atoms with Crippen molar-refractivity contribution in [2.24, 2.45) is 0 Å². The molecule has 0 radical (unpaired) electrons. The Morgan fingerprint density at radius 3 is 2.32 bits per heavy atom. The molecule has 214 valence electrons. The minimum atomic E-state index is -0.566. The molecule has 0 aliphatic carbocycles. The molecule has 37 heavy (non-hydrogen) atoms. The zero-order valence-electron chi connectivity index (χ0n) is 24.6. The summed E-state index contributed by atoms with van der Waals surface area (Å²) in [5, 5.41) is 3.12. The predicted octanol–water partition coefficient (Wildman–Crippen LogP) is 3.82. The molecule has 0 bridgehead atoms. The standard InChI is InChI=1S/C30H53N3O3.ClH/c1-7-9-10-11-12-13-14-15-16-18-28(34)31-20-17-21-33(5,6)23-26-22-32-25(3)29-27(26)24-35-30(4,36-29)19-8-2;/h22H,7-21,23-24H2,1-6H3;1H. The number of nitrogens with zero attached hydrogens (tertiary/aromatic N) is 2. The van der Waals surface area contributed by atoms with E-state index in [9.17, 15) is 4.79 Å². The summed E-state index contributed by atoms with van der Waals surface area (Å²) >= 11 is 0. The molecule has 6 nitrogen and oxygen atoms in total. The Hall–Kier alpha value is -1.37. The lowest BCUT2D eigenvalue weighted by molar-refractivity contribution is -0.903. The van der Waals surface area contributed by atoms with E-state index in [0.717, 1.165) is 66.8 Å². The highest BCUT2D eigenvalue weighted by atomic mass is 35.5. The normalized spacial score (nSPS) is 17.0. The second-order valence-corrected chi connectivity index (χ2v) is 11.6. The van der Waals surface area contributed by atoms with Gasteiger partial charge in [-0.15, -0.1) is 0 Å². The number of halogens is 1. The number of aromatic nitrogens is 1. The highest BCUT2D eigenvalue weighted by Crippen LogP contribution is 2.37. The average molecular weight is 540 g/mol. The fourth-order valence-corrected chi connectivity index (χ4v) is 5.11. The maximum absolute atomic E-state index is 12.2. The van der Waals surface area contributed by atoms with Crippen molar-refractivity contribution in [3.8, 4) is 5.75 Å². The summed E-state index contributed by atoms with van der Waals surface area (Å²) in [6, 6.07) is 0. The van der Waals surface area contributed by atoms with Gasteiger partial charge in [0.1, 0.15) is 12.3 Å². The molecule has 1 aliphatic heterocycles. The van der Waals surface area contributed by atoms with Crippen LogP contribution in [0, 0.1) is 6.92 Å². The lowest BCUT2D eigenvalue weighted by Crippen LogP contribution is -3.00. The number of ether oxygens (including phenoxy) is 2. The summed E-state index contributed by atoms with van der Waals surface area (Å²) in [5.74, 6) is 0.534. The van der Waals surface area contributed by atoms with Gasteiger partial charge in [0, 0.05) is 50.1 Å². The molecule has 2 heterocycles. The fourth-order valence-electron chi connectivity index (χ4n) is 5.11. The fraction of sp³-hybridized carbons (Fsp3) is 0.800. The van der Waals surface area contributed by atoms with Gasteiger partial charge in [-0.2, -0.15) is 0 Å². The van der Waals surface area contributed by atoms with Crippen molar-refractivity contribution < 1.29 is 31.2 Å². The first-order valence-electron chi connectivity index (χ1n) is 14.6. The lowest BCUT2D eigenvalue weighted by atomic mass is 10.0. The highest BCUT2D eigenvalue weighted by Gasteiger charge is 2.35. The number of carbonyl (C=O) groups excluding carboxylic acids is 1. The van der Waals surface area contributed by atoms with Crippen LogP contribution in [0.25, 0.3) is 0 Å². The van der Waals surface area contributed by atoms with Crippen molar-refractivity contribution in [1.29, 1.82) is 0 Å². The van der Waals surface area contributed by atoms with Gasteiger partial charge in [0.05, 0.1) is 32.9 Å². The molecule has 7 heteroatoms. The van der Waals surface area contributed by atoms with Crippen molar-refractivity contribution in [1.82, 2.24) is 10.3 Å². The van der Waals surface area contributed by atoms with E-state index in [1.807, 2.05) is 20.0 Å². The molecule has 0 spiro atoms. The summed E-state index contributed by atoms with van der Waals surface area (Å²) in [5.41, 5.74) is 3.25. The zero-order chi connectivity index (χ0) is 26.4. The largest absolute Gasteiger partial charge is 1.00 e. The Balaban J connectivity index is 0.00000684. The topological polar surface area (TPSA) is 60.5 Å². The third kappa shape index (κ3) is 12.4. The number of fused-ring (bicyclic) bond motifs is 1. The van der Waals surface area contributed by atoms with Gasteiger partial charge in [-0.05, 0) is 19.8 Å². The van der Waals surface area contributed by atoms with E-state index >= 15 is 0 Å². The van der Waals surface area contributed by atoms with Gasteiger partial charge in [0.2, 0.25) is 11.7 Å². The second kappa shape index (κ2) is 17.3. The van der Waals surface area contributed by atoms with Gasteiger partial charge in [-0.1, -0.05) is 65.2 Å². The molecule has 1 aliphatic rings. The van der Waals surface area contributed by atoms with Crippen LogP contribution in [0.4, 0.5) is 0 Å². The van der Waals surface area contributed by atoms with Crippen molar-refractivity contribution in [3.05, 3.63) is 23.0 Å². The lowest BCUT2D eigenvalue weighted by Gasteiger charge is -2.38. The van der Waals surface area contributed by atoms with Gasteiger partial charge in [0.25, 0.3) is 0 Å². The quantitative estimate of drug-likeness (QED) is 0.227. The molecule has 1 aromatic rings. The molecule has 1 unspecified atom stereocenters. The molecule has 0 fully saturated rings. The SMILES string of the molecule is CCCCCCCCCCCC(=O)NCCC[N+](C)(C)Cc1cnc(C)c2c1COC(C)(CCC)O2.[Cl-]. The molecule has 1 aromatic heterocycles. The number of rotatable bonds is 18. The number of quaternary nitrogens is 1. The van der Waals surface area contributed by atoms with Crippen molar-refractivity contribution >= 4 is 5.91 Å². The van der Waals surface area contributed by atoms with Crippen LogP contribution in [0.15, 0.2) is 6.20 Å². The number of hydrogen-bond donors (Lipinski definition) is 1. The van der Waals surface area contributed by atoms with Crippen molar-refractivity contribution in [2.45, 2.75) is 130 Å². The van der Waals surface area contributed by atoms with E-state index in [1.165, 1.54) is 56.9 Å². The summed E-state index contributed by atoms with van der Waals surface area (Å²) in [7, 11) is 4.48. The predicted molar refractivity (Wildman–Crippen MR) is 148 cm³/mol. The Bertz CT molecular complexity index is 803. The van der Waals surface area contributed by atoms with Crippen LogP contribution < -0.4 is 22.5 Å². The number of pyridine rings is 1. The monoisotopic (exact) mass is 539 g/mol. The Kier molecular flexibility index (Phi) is 15.7. The maximum Gasteiger partial charge on any atom is 0.219 e. The van der Waals surface area contributed by atoms with Gasteiger partial charge in [0.15, 0.2) is 0 Å². The minimum absolute atomic E-state index is 0. The summed E-state index contributed by atoms with van der Waals surface area (Å²) in [6.45, 7) is 11.6. The molecule has 0 saturated heterocycles. The molecule has 0 aromatic carbocycles. The molecule has 2 rings (SSSR count). The van der Waals surface area contributed by atoms with Gasteiger partial charge in [-0.3, -0.25) is 9.78 Å². The maximum atomic E-state index is 12.2. The van der Waals surface area contributed by atoms with E-state index in [4.69, 9.17) is 9.47 Å². The Labute approximate surface area is 233 Å². The third-order valence-corrected chi connectivity index (χ3v) is 7.32. The number of amides is 1. The van der Waals surface area contributed by atoms with E-state index in [-0.39, 0.29) is 18.3 Å². The number of aryl methyl sites for hydroxylation is 1. The third-order valence-electron chi connectivity index (χ3n) is 7.32. The summed E-state index contributed by atoms with van der Waals surface area (Å²) in [4.78, 5) is 16.8. The van der Waals surface area contributed by atoms with Gasteiger partial charge < -0.3 is 31.7 Å². The van der Waals surface area contributed by atoms with Crippen molar-refractivity contribution in [3.63, 3.8) is 0 Å². The number of hydrogen-bond acceptors (Lipinski definition) is 4. The Morgan fingerprint density at radius 2 is 1.68 bits per heavy atom. The van der Waals surface area contributed by atoms with E-state index in [0.29, 0.717) is 13.0 Å². The molecule has 1 N–H and O–H groups in total. The van der Waals surface area contributed by atoms with E-state index in [2.05, 4.69) is 38.2 Å². The van der Waals surface area contributed by atoms with Crippen LogP contribution in [0.5, 0.6) is 5.75 Å². The van der Waals surface area contributed by atoms with Crippen LogP contribution in [0.1, 0.15) is 121 Å². The smallest absolute Gasteiger partial charge is 0.219 e.